The van der Waals surface area contributed by atoms with Gasteiger partial charge >= 0.3 is 0 Å². The molecule has 1 fully saturated rings. The number of aromatic nitrogens is 1. The predicted octanol–water partition coefficient (Wildman–Crippen LogP) is 4.20. The van der Waals surface area contributed by atoms with Gasteiger partial charge in [-0.05, 0) is 56.3 Å². The summed E-state index contributed by atoms with van der Waals surface area (Å²) in [6.07, 6.45) is 3.85. The summed E-state index contributed by atoms with van der Waals surface area (Å²) in [5.41, 5.74) is 0.570. The second-order valence-electron chi connectivity index (χ2n) is 6.83. The molecule has 0 aliphatic carbocycles. The summed E-state index contributed by atoms with van der Waals surface area (Å²) in [4.78, 5) is 7.09. The lowest BCUT2D eigenvalue weighted by Gasteiger charge is -2.16. The summed E-state index contributed by atoms with van der Waals surface area (Å²) < 4.78 is 31.7. The molecule has 1 aromatic heterocycles. The number of sulfone groups is 1. The molecule has 5 nitrogen and oxygen atoms in total. The zero-order valence-electron chi connectivity index (χ0n) is 15.3. The fourth-order valence-electron chi connectivity index (χ4n) is 3.43. The quantitative estimate of drug-likeness (QED) is 0.602. The molecule has 1 aliphatic rings. The molecule has 0 amide bonds. The Hall–Kier alpha value is -2.15. The first-order valence-electron chi connectivity index (χ1n) is 9.29. The molecule has 146 valence electrons. The smallest absolute Gasteiger partial charge is 0.208 e. The van der Waals surface area contributed by atoms with Gasteiger partial charge in [-0.1, -0.05) is 29.8 Å². The number of hydrogen-bond donors (Lipinski definition) is 0. The first-order chi connectivity index (χ1) is 13.6. The van der Waals surface area contributed by atoms with E-state index < -0.39 is 9.84 Å². The molecule has 1 saturated heterocycles. The van der Waals surface area contributed by atoms with E-state index in [9.17, 15) is 8.42 Å². The van der Waals surface area contributed by atoms with Gasteiger partial charge in [0, 0.05) is 18.1 Å². The fourth-order valence-corrected chi connectivity index (χ4v) is 4.89. The molecular formula is C21H21ClN2O3S. The highest BCUT2D eigenvalue weighted by molar-refractivity contribution is 7.91. The van der Waals surface area contributed by atoms with E-state index in [4.69, 9.17) is 16.3 Å². The van der Waals surface area contributed by atoms with Crippen LogP contribution in [0.3, 0.4) is 0 Å². The topological polar surface area (TPSA) is 59.5 Å². The van der Waals surface area contributed by atoms with Crippen molar-refractivity contribution < 1.29 is 13.2 Å². The number of rotatable bonds is 6. The average Bonchev–Trinajstić information content (AvgIpc) is 3.24. The van der Waals surface area contributed by atoms with Crippen LogP contribution in [0.1, 0.15) is 12.8 Å². The fraction of sp³-hybridized carbons (Fsp3) is 0.286. The Balaban J connectivity index is 1.63. The SMILES string of the molecule is O=S(=O)(c1ccccc1)c1cnc2c(OCCN3CCCC3)ccc(Cl)c2c1. The van der Waals surface area contributed by atoms with Gasteiger partial charge in [-0.2, -0.15) is 0 Å². The van der Waals surface area contributed by atoms with Crippen LogP contribution in [0, 0.1) is 0 Å². The standard InChI is InChI=1S/C21H21ClN2O3S/c22-19-8-9-20(27-13-12-24-10-4-5-11-24)21-18(19)14-17(15-23-21)28(25,26)16-6-2-1-3-7-16/h1-3,6-9,14-15H,4-5,10-13H2. The van der Waals surface area contributed by atoms with Crippen molar-refractivity contribution in [3.63, 3.8) is 0 Å². The van der Waals surface area contributed by atoms with Gasteiger partial charge in [0.2, 0.25) is 9.84 Å². The maximum Gasteiger partial charge on any atom is 0.208 e. The Labute approximate surface area is 169 Å². The van der Waals surface area contributed by atoms with E-state index in [1.54, 1.807) is 48.5 Å². The number of fused-ring (bicyclic) bond motifs is 1. The van der Waals surface area contributed by atoms with Crippen molar-refractivity contribution in [3.05, 3.63) is 59.8 Å². The van der Waals surface area contributed by atoms with E-state index in [1.807, 2.05) is 0 Å². The molecule has 0 spiro atoms. The average molecular weight is 417 g/mol. The summed E-state index contributed by atoms with van der Waals surface area (Å²) in [6, 6.07) is 13.4. The minimum atomic E-state index is -3.66. The van der Waals surface area contributed by atoms with Crippen LogP contribution in [0.4, 0.5) is 0 Å². The second-order valence-corrected chi connectivity index (χ2v) is 9.18. The Morgan fingerprint density at radius 2 is 1.79 bits per heavy atom. The maximum absolute atomic E-state index is 12.9. The van der Waals surface area contributed by atoms with Crippen LogP contribution in [0.2, 0.25) is 5.02 Å². The number of likely N-dealkylation sites (tertiary alicyclic amines) is 1. The molecule has 28 heavy (non-hydrogen) atoms. The Bertz CT molecular complexity index is 1080. The number of pyridine rings is 1. The minimum absolute atomic E-state index is 0.113. The van der Waals surface area contributed by atoms with Crippen LogP contribution >= 0.6 is 11.6 Å². The summed E-state index contributed by atoms with van der Waals surface area (Å²) in [5, 5.41) is 1.01. The zero-order valence-corrected chi connectivity index (χ0v) is 16.9. The molecule has 7 heteroatoms. The summed E-state index contributed by atoms with van der Waals surface area (Å²) in [6.45, 7) is 3.65. The van der Waals surface area contributed by atoms with Gasteiger partial charge in [0.05, 0.1) is 14.8 Å². The summed E-state index contributed by atoms with van der Waals surface area (Å²) >= 11 is 6.34. The first-order valence-corrected chi connectivity index (χ1v) is 11.2. The highest BCUT2D eigenvalue weighted by Crippen LogP contribution is 2.32. The van der Waals surface area contributed by atoms with Crippen molar-refractivity contribution >= 4 is 32.3 Å². The zero-order chi connectivity index (χ0) is 19.6. The maximum atomic E-state index is 12.9. The molecule has 4 rings (SSSR count). The Kier molecular flexibility index (Phi) is 5.53. The van der Waals surface area contributed by atoms with Crippen molar-refractivity contribution in [1.82, 2.24) is 9.88 Å². The Morgan fingerprint density at radius 3 is 2.54 bits per heavy atom. The van der Waals surface area contributed by atoms with Crippen LogP contribution in [0.5, 0.6) is 5.75 Å². The molecule has 3 aromatic rings. The molecular weight excluding hydrogens is 396 g/mol. The highest BCUT2D eigenvalue weighted by atomic mass is 35.5. The van der Waals surface area contributed by atoms with Crippen molar-refractivity contribution in [2.24, 2.45) is 0 Å². The lowest BCUT2D eigenvalue weighted by atomic mass is 10.2. The summed E-state index contributed by atoms with van der Waals surface area (Å²) in [7, 11) is -3.66. The minimum Gasteiger partial charge on any atom is -0.490 e. The van der Waals surface area contributed by atoms with Gasteiger partial charge in [-0.15, -0.1) is 0 Å². The van der Waals surface area contributed by atoms with Crippen LogP contribution in [0.15, 0.2) is 64.5 Å². The number of ether oxygens (including phenoxy) is 1. The molecule has 2 aromatic carbocycles. The van der Waals surface area contributed by atoms with E-state index in [2.05, 4.69) is 9.88 Å². The third-order valence-electron chi connectivity index (χ3n) is 4.96. The van der Waals surface area contributed by atoms with Gasteiger partial charge in [0.1, 0.15) is 17.9 Å². The number of halogens is 1. The van der Waals surface area contributed by atoms with E-state index in [1.165, 1.54) is 19.0 Å². The van der Waals surface area contributed by atoms with Gasteiger partial charge in [-0.25, -0.2) is 8.42 Å². The molecule has 0 saturated carbocycles. The van der Waals surface area contributed by atoms with Crippen LogP contribution in [-0.4, -0.2) is 44.5 Å². The van der Waals surface area contributed by atoms with E-state index >= 15 is 0 Å². The van der Waals surface area contributed by atoms with Gasteiger partial charge in [0.25, 0.3) is 0 Å². The van der Waals surface area contributed by atoms with Crippen LogP contribution in [0.25, 0.3) is 10.9 Å². The highest BCUT2D eigenvalue weighted by Gasteiger charge is 2.20. The molecule has 2 heterocycles. The van der Waals surface area contributed by atoms with E-state index in [0.717, 1.165) is 19.6 Å². The van der Waals surface area contributed by atoms with Gasteiger partial charge < -0.3 is 4.74 Å². The summed E-state index contributed by atoms with van der Waals surface area (Å²) in [5.74, 6) is 0.613. The third kappa shape index (κ3) is 3.85. The van der Waals surface area contributed by atoms with Crippen molar-refractivity contribution in [3.8, 4) is 5.75 Å². The number of nitrogens with zero attached hydrogens (tertiary/aromatic N) is 2. The van der Waals surface area contributed by atoms with Crippen LogP contribution in [-0.2, 0) is 9.84 Å². The molecule has 0 atom stereocenters. The van der Waals surface area contributed by atoms with Crippen molar-refractivity contribution in [1.29, 1.82) is 0 Å². The lowest BCUT2D eigenvalue weighted by molar-refractivity contribution is 0.239. The van der Waals surface area contributed by atoms with E-state index in [-0.39, 0.29) is 9.79 Å². The number of hydrogen-bond acceptors (Lipinski definition) is 5. The first kappa shape index (κ1) is 19.2. The van der Waals surface area contributed by atoms with Crippen LogP contribution < -0.4 is 4.74 Å². The van der Waals surface area contributed by atoms with Crippen molar-refractivity contribution in [2.75, 3.05) is 26.2 Å². The van der Waals surface area contributed by atoms with Crippen molar-refractivity contribution in [2.45, 2.75) is 22.6 Å². The predicted molar refractivity (Wildman–Crippen MR) is 110 cm³/mol. The number of benzene rings is 2. The molecule has 0 bridgehead atoms. The second kappa shape index (κ2) is 8.07. The van der Waals surface area contributed by atoms with Gasteiger partial charge in [0.15, 0.2) is 0 Å². The normalized spacial score (nSPS) is 15.2. The lowest BCUT2D eigenvalue weighted by Crippen LogP contribution is -2.25. The largest absolute Gasteiger partial charge is 0.490 e. The van der Waals surface area contributed by atoms with Gasteiger partial charge in [-0.3, -0.25) is 9.88 Å². The van der Waals surface area contributed by atoms with E-state index in [0.29, 0.717) is 28.3 Å². The monoisotopic (exact) mass is 416 g/mol. The molecule has 0 N–H and O–H groups in total. The third-order valence-corrected chi connectivity index (χ3v) is 7.03. The molecule has 1 aliphatic heterocycles. The molecule has 0 unspecified atom stereocenters. The Morgan fingerprint density at radius 1 is 1.04 bits per heavy atom. The molecule has 0 radical (unpaired) electrons.